The van der Waals surface area contributed by atoms with E-state index in [2.05, 4.69) is 29.2 Å². The molecular formula is C21H25ClN4OS. The number of hydrogen-bond acceptors (Lipinski definition) is 4. The summed E-state index contributed by atoms with van der Waals surface area (Å²) in [6, 6.07) is 5.48. The standard InChI is InChI=1S/C21H25ClN4OS/c1-5-6-8-17-14(3)25-26(15(17)4)21-23-16(12-28-21)11-20(27)24-19-10-7-9-18(22)13(19)2/h7,9-10,12H,5-6,8,11H2,1-4H3,(H,24,27). The molecule has 0 aliphatic carbocycles. The lowest BCUT2D eigenvalue weighted by Gasteiger charge is -2.08. The number of nitrogens with one attached hydrogen (secondary N) is 1. The molecule has 1 N–H and O–H groups in total. The molecule has 1 aromatic carbocycles. The number of benzene rings is 1. The van der Waals surface area contributed by atoms with Gasteiger partial charge in [0.15, 0.2) is 0 Å². The Morgan fingerprint density at radius 1 is 1.29 bits per heavy atom. The van der Waals surface area contributed by atoms with Gasteiger partial charge in [-0.3, -0.25) is 4.79 Å². The number of anilines is 1. The highest BCUT2D eigenvalue weighted by Gasteiger charge is 2.16. The van der Waals surface area contributed by atoms with Gasteiger partial charge in [-0.15, -0.1) is 11.3 Å². The molecule has 5 nitrogen and oxygen atoms in total. The van der Waals surface area contributed by atoms with Crippen LogP contribution in [0.1, 0.15) is 48.0 Å². The number of hydrogen-bond donors (Lipinski definition) is 1. The van der Waals surface area contributed by atoms with E-state index in [0.717, 1.165) is 52.7 Å². The third kappa shape index (κ3) is 4.45. The molecule has 28 heavy (non-hydrogen) atoms. The first-order chi connectivity index (χ1) is 13.4. The number of carbonyl (C=O) groups excluding carboxylic acids is 1. The minimum absolute atomic E-state index is 0.112. The van der Waals surface area contributed by atoms with Gasteiger partial charge in [0.25, 0.3) is 0 Å². The summed E-state index contributed by atoms with van der Waals surface area (Å²) in [5.74, 6) is -0.112. The second-order valence-corrected chi connectivity index (χ2v) is 8.17. The lowest BCUT2D eigenvalue weighted by molar-refractivity contribution is -0.115. The number of halogens is 1. The highest BCUT2D eigenvalue weighted by atomic mass is 35.5. The van der Waals surface area contributed by atoms with Crippen LogP contribution in [0.15, 0.2) is 23.6 Å². The van der Waals surface area contributed by atoms with Crippen LogP contribution < -0.4 is 5.32 Å². The molecule has 148 valence electrons. The number of nitrogens with zero attached hydrogens (tertiary/aromatic N) is 3. The fourth-order valence-electron chi connectivity index (χ4n) is 3.15. The van der Waals surface area contributed by atoms with Crippen molar-refractivity contribution in [3.8, 4) is 5.13 Å². The molecular weight excluding hydrogens is 392 g/mol. The Labute approximate surface area is 174 Å². The molecule has 0 atom stereocenters. The number of aromatic nitrogens is 3. The summed E-state index contributed by atoms with van der Waals surface area (Å²) in [6.45, 7) is 8.21. The summed E-state index contributed by atoms with van der Waals surface area (Å²) >= 11 is 7.62. The van der Waals surface area contributed by atoms with Crippen LogP contribution in [0, 0.1) is 20.8 Å². The molecule has 2 heterocycles. The molecule has 3 rings (SSSR count). The molecule has 0 bridgehead atoms. The van der Waals surface area contributed by atoms with Crippen LogP contribution in [-0.2, 0) is 17.6 Å². The maximum Gasteiger partial charge on any atom is 0.230 e. The molecule has 7 heteroatoms. The van der Waals surface area contributed by atoms with E-state index in [1.54, 1.807) is 0 Å². The van der Waals surface area contributed by atoms with Gasteiger partial charge < -0.3 is 5.32 Å². The Kier molecular flexibility index (Phi) is 6.52. The van der Waals surface area contributed by atoms with Crippen molar-refractivity contribution < 1.29 is 4.79 Å². The molecule has 0 unspecified atom stereocenters. The van der Waals surface area contributed by atoms with E-state index in [-0.39, 0.29) is 12.3 Å². The minimum atomic E-state index is -0.112. The number of unbranched alkanes of at least 4 members (excludes halogenated alkanes) is 1. The molecule has 3 aromatic rings. The zero-order valence-electron chi connectivity index (χ0n) is 16.7. The van der Waals surface area contributed by atoms with E-state index in [1.807, 2.05) is 42.1 Å². The van der Waals surface area contributed by atoms with Gasteiger partial charge in [0.1, 0.15) is 0 Å². The van der Waals surface area contributed by atoms with Gasteiger partial charge in [-0.2, -0.15) is 5.10 Å². The van der Waals surface area contributed by atoms with Crippen LogP contribution in [0.25, 0.3) is 5.13 Å². The monoisotopic (exact) mass is 416 g/mol. The van der Waals surface area contributed by atoms with E-state index in [4.69, 9.17) is 11.6 Å². The molecule has 0 radical (unpaired) electrons. The molecule has 0 saturated heterocycles. The van der Waals surface area contributed by atoms with Crippen molar-refractivity contribution in [3.63, 3.8) is 0 Å². The van der Waals surface area contributed by atoms with Gasteiger partial charge in [0.05, 0.1) is 17.8 Å². The van der Waals surface area contributed by atoms with Crippen LogP contribution in [0.3, 0.4) is 0 Å². The van der Waals surface area contributed by atoms with E-state index in [1.165, 1.54) is 16.9 Å². The topological polar surface area (TPSA) is 59.8 Å². The van der Waals surface area contributed by atoms with Crippen LogP contribution in [-0.4, -0.2) is 20.7 Å². The molecule has 2 aromatic heterocycles. The fourth-order valence-corrected chi connectivity index (χ4v) is 4.15. The van der Waals surface area contributed by atoms with Crippen molar-refractivity contribution in [2.24, 2.45) is 0 Å². The summed E-state index contributed by atoms with van der Waals surface area (Å²) in [6.07, 6.45) is 3.56. The Hall–Kier alpha value is -2.18. The fraction of sp³-hybridized carbons (Fsp3) is 0.381. The number of rotatable bonds is 7. The summed E-state index contributed by atoms with van der Waals surface area (Å²) in [7, 11) is 0. The van der Waals surface area contributed by atoms with Crippen LogP contribution in [0.2, 0.25) is 5.02 Å². The molecule has 0 aliphatic rings. The maximum atomic E-state index is 12.4. The summed E-state index contributed by atoms with van der Waals surface area (Å²) < 4.78 is 1.90. The molecule has 0 fully saturated rings. The number of aryl methyl sites for hydroxylation is 1. The zero-order valence-corrected chi connectivity index (χ0v) is 18.2. The van der Waals surface area contributed by atoms with Crippen molar-refractivity contribution in [2.75, 3.05) is 5.32 Å². The van der Waals surface area contributed by atoms with E-state index >= 15 is 0 Å². The smallest absolute Gasteiger partial charge is 0.230 e. The van der Waals surface area contributed by atoms with Crippen molar-refractivity contribution in [2.45, 2.75) is 53.4 Å². The molecule has 1 amide bonds. The normalized spacial score (nSPS) is 11.0. The van der Waals surface area contributed by atoms with Crippen LogP contribution in [0.5, 0.6) is 0 Å². The van der Waals surface area contributed by atoms with Crippen LogP contribution >= 0.6 is 22.9 Å². The summed E-state index contributed by atoms with van der Waals surface area (Å²) in [5.41, 5.74) is 5.81. The van der Waals surface area contributed by atoms with Gasteiger partial charge in [0.2, 0.25) is 11.0 Å². The van der Waals surface area contributed by atoms with Gasteiger partial charge in [-0.1, -0.05) is 31.0 Å². The first-order valence-electron chi connectivity index (χ1n) is 9.45. The van der Waals surface area contributed by atoms with Crippen LogP contribution in [0.4, 0.5) is 5.69 Å². The Morgan fingerprint density at radius 3 is 2.82 bits per heavy atom. The SMILES string of the molecule is CCCCc1c(C)nn(-c2nc(CC(=O)Nc3cccc(Cl)c3C)cs2)c1C. The largest absolute Gasteiger partial charge is 0.325 e. The predicted octanol–water partition coefficient (Wildman–Crippen LogP) is 5.43. The average molecular weight is 417 g/mol. The predicted molar refractivity (Wildman–Crippen MR) is 116 cm³/mol. The lowest BCUT2D eigenvalue weighted by atomic mass is 10.1. The molecule has 0 saturated carbocycles. The van der Waals surface area contributed by atoms with E-state index in [0.29, 0.717) is 5.02 Å². The summed E-state index contributed by atoms with van der Waals surface area (Å²) in [5, 5.41) is 10.9. The van der Waals surface area contributed by atoms with Crippen molar-refractivity contribution in [1.82, 2.24) is 14.8 Å². The first kappa shape index (κ1) is 20.6. The zero-order chi connectivity index (χ0) is 20.3. The highest BCUT2D eigenvalue weighted by molar-refractivity contribution is 7.12. The Morgan fingerprint density at radius 2 is 2.07 bits per heavy atom. The van der Waals surface area contributed by atoms with Crippen molar-refractivity contribution >= 4 is 34.5 Å². The van der Waals surface area contributed by atoms with Gasteiger partial charge >= 0.3 is 0 Å². The second-order valence-electron chi connectivity index (χ2n) is 6.92. The van der Waals surface area contributed by atoms with E-state index in [9.17, 15) is 4.79 Å². The highest BCUT2D eigenvalue weighted by Crippen LogP contribution is 2.24. The van der Waals surface area contributed by atoms with Gasteiger partial charge in [-0.25, -0.2) is 9.67 Å². The number of carbonyl (C=O) groups is 1. The van der Waals surface area contributed by atoms with Crippen molar-refractivity contribution in [1.29, 1.82) is 0 Å². The van der Waals surface area contributed by atoms with E-state index < -0.39 is 0 Å². The third-order valence-electron chi connectivity index (χ3n) is 4.83. The van der Waals surface area contributed by atoms with Gasteiger partial charge in [-0.05, 0) is 56.9 Å². The van der Waals surface area contributed by atoms with Gasteiger partial charge in [0, 0.05) is 21.8 Å². The number of thiazole rings is 1. The molecule has 0 spiro atoms. The first-order valence-corrected chi connectivity index (χ1v) is 10.7. The minimum Gasteiger partial charge on any atom is -0.325 e. The Bertz CT molecular complexity index is 992. The molecule has 0 aliphatic heterocycles. The third-order valence-corrected chi connectivity index (χ3v) is 6.10. The van der Waals surface area contributed by atoms with Crippen molar-refractivity contribution in [3.05, 3.63) is 56.8 Å². The average Bonchev–Trinajstić information content (AvgIpc) is 3.22. The lowest BCUT2D eigenvalue weighted by Crippen LogP contribution is -2.15. The number of amides is 1. The summed E-state index contributed by atoms with van der Waals surface area (Å²) in [4.78, 5) is 17.1. The quantitative estimate of drug-likeness (QED) is 0.558. The Balaban J connectivity index is 1.72. The maximum absolute atomic E-state index is 12.4. The second kappa shape index (κ2) is 8.88.